The second-order valence-corrected chi connectivity index (χ2v) is 32.5. The van der Waals surface area contributed by atoms with Gasteiger partial charge in [0.05, 0.1) is 45.5 Å². The highest BCUT2D eigenvalue weighted by Crippen LogP contribution is 2.64. The van der Waals surface area contributed by atoms with Crippen LogP contribution < -0.4 is 0 Å². The van der Waals surface area contributed by atoms with Crippen molar-refractivity contribution in [3.63, 3.8) is 0 Å². The molecule has 10 bridgehead atoms. The summed E-state index contributed by atoms with van der Waals surface area (Å²) in [5, 5.41) is 0. The Morgan fingerprint density at radius 2 is 0.842 bits per heavy atom. The molecule has 26 unspecified atom stereocenters. The zero-order valence-electron chi connectivity index (χ0n) is 56.3. The molecule has 21 heteroatoms. The van der Waals surface area contributed by atoms with E-state index in [1.54, 1.807) is 0 Å². The van der Waals surface area contributed by atoms with E-state index in [-0.39, 0.29) is 242 Å². The molecule has 0 aromatic rings. The molecule has 0 amide bonds. The lowest BCUT2D eigenvalue weighted by atomic mass is 9.73. The highest BCUT2D eigenvalue weighted by atomic mass is 16.7. The van der Waals surface area contributed by atoms with E-state index >= 15 is 0 Å². The van der Waals surface area contributed by atoms with Crippen LogP contribution in [0.15, 0.2) is 0 Å². The minimum absolute atomic E-state index is 0. The lowest BCUT2D eigenvalue weighted by Crippen LogP contribution is -2.45. The Morgan fingerprint density at radius 1 is 0.426 bits per heavy atom. The number of hydrogen-bond donors (Lipinski definition) is 0. The summed E-state index contributed by atoms with van der Waals surface area (Å²) >= 11 is 0. The molecule has 101 heavy (non-hydrogen) atoms. The third kappa shape index (κ3) is 15.8. The second-order valence-electron chi connectivity index (χ2n) is 32.5. The molecule has 21 nitrogen and oxygen atoms in total. The first kappa shape index (κ1) is 93.7. The molecule has 0 radical (unpaired) electrons. The maximum absolute atomic E-state index is 12.3. The van der Waals surface area contributed by atoms with Gasteiger partial charge in [-0.25, -0.2) is 0 Å². The molecule has 7 heterocycles. The number of hydrogen-bond acceptors (Lipinski definition) is 21. The minimum atomic E-state index is -0.604. The van der Waals surface area contributed by atoms with Gasteiger partial charge in [0.2, 0.25) is 0 Å². The van der Waals surface area contributed by atoms with Gasteiger partial charge in [0.25, 0.3) is 0 Å². The van der Waals surface area contributed by atoms with Crippen molar-refractivity contribution in [1.82, 2.24) is 0 Å². The molecule has 586 valence electrons. The van der Waals surface area contributed by atoms with Gasteiger partial charge in [-0.05, 0) is 152 Å². The zero-order valence-corrected chi connectivity index (χ0v) is 56.3. The van der Waals surface area contributed by atoms with Crippen molar-refractivity contribution in [3.05, 3.63) is 0 Å². The molecule has 15 rings (SSSR count). The molecule has 26 atom stereocenters. The first-order valence-electron chi connectivity index (χ1n) is 34.3. The van der Waals surface area contributed by atoms with Crippen molar-refractivity contribution in [3.8, 4) is 0 Å². The summed E-state index contributed by atoms with van der Waals surface area (Å²) in [5.41, 5.74) is -2.62. The van der Waals surface area contributed by atoms with Crippen molar-refractivity contribution >= 4 is 59.7 Å². The Balaban J connectivity index is 0.000000616. The standard InChI is InChI=1S/2C15H22O4.C14H20O4.C13H18O5.C13H18O4.10CH4/c1-5-14(2,3)13(17)19-11-10-8-6-15(11,4)7-9(8)12(16)18-10;1-5-14(2,3)12(16)19-11-8-6-9-10(7-8)18-13(17)15(9,11)4;1-4-14(2,3)13(16)18-11-7-5-8-9(6-7)17-12(15)10(8)11;1-4-13(2,3)12(15)18-9-7-5-6-8(16-7)10(9)17-11(6)14;1-3-6(2)12(14)17-11-7-4-8-9(5-7)16-13(15)10(8)11;;;;;;;;;;/h2*8-11H,5-7H2,1-4H3;7-11H,4-6H2,1-3H3;6-10H,4-5H2,1-3H3;6-11H,3-5H2,1-2H3;10*1H4. The largest absolute Gasteiger partial charge is 0.462 e. The highest BCUT2D eigenvalue weighted by molar-refractivity contribution is 5.84. The maximum Gasteiger partial charge on any atom is 0.316 e. The predicted octanol–water partition coefficient (Wildman–Crippen LogP) is 15.5. The Kier molecular flexibility index (Phi) is 31.0. The van der Waals surface area contributed by atoms with E-state index in [9.17, 15) is 47.9 Å². The van der Waals surface area contributed by atoms with Crippen molar-refractivity contribution in [1.29, 1.82) is 0 Å². The fraction of sp³-hybridized carbons (Fsp3) is 0.875. The average Bonchev–Trinajstić information content (AvgIpc) is 1.55. The van der Waals surface area contributed by atoms with Gasteiger partial charge < -0.3 is 52.1 Å². The summed E-state index contributed by atoms with van der Waals surface area (Å²) in [6, 6.07) is 0. The number of ether oxygens (including phenoxy) is 11. The van der Waals surface area contributed by atoms with Crippen molar-refractivity contribution in [2.24, 2.45) is 104 Å². The summed E-state index contributed by atoms with van der Waals surface area (Å²) in [7, 11) is 0. The monoisotopic (exact) mass is 1440 g/mol. The van der Waals surface area contributed by atoms with Crippen LogP contribution in [0.3, 0.4) is 0 Å². The second kappa shape index (κ2) is 33.4. The Bertz CT molecular complexity index is 2940. The Morgan fingerprint density at radius 3 is 1.31 bits per heavy atom. The lowest BCUT2D eigenvalue weighted by Gasteiger charge is -2.34. The van der Waals surface area contributed by atoms with Crippen LogP contribution in [0.25, 0.3) is 0 Å². The fourth-order valence-corrected chi connectivity index (χ4v) is 17.6. The number of carbonyl (C=O) groups excluding carboxylic acids is 10. The molecule has 15 fully saturated rings. The lowest BCUT2D eigenvalue weighted by molar-refractivity contribution is -0.174. The van der Waals surface area contributed by atoms with Crippen LogP contribution in [0.1, 0.15) is 275 Å². The number of rotatable bonds is 15. The van der Waals surface area contributed by atoms with E-state index in [1.807, 2.05) is 104 Å². The molecule has 0 spiro atoms. The zero-order chi connectivity index (χ0) is 66.3. The molecule has 0 aromatic heterocycles. The molecular formula is C80H140O21. The van der Waals surface area contributed by atoms with Gasteiger partial charge in [-0.15, -0.1) is 0 Å². The van der Waals surface area contributed by atoms with Gasteiger partial charge in [0, 0.05) is 46.8 Å². The fourth-order valence-electron chi connectivity index (χ4n) is 17.6. The van der Waals surface area contributed by atoms with E-state index in [0.717, 1.165) is 77.0 Å². The van der Waals surface area contributed by atoms with Crippen LogP contribution in [0.4, 0.5) is 0 Å². The minimum Gasteiger partial charge on any atom is -0.462 e. The molecule has 7 aliphatic heterocycles. The normalized spacial score (nSPS) is 38.3. The van der Waals surface area contributed by atoms with Crippen LogP contribution in [0, 0.1) is 104 Å². The first-order valence-corrected chi connectivity index (χ1v) is 34.3. The third-order valence-corrected chi connectivity index (χ3v) is 25.5. The van der Waals surface area contributed by atoms with E-state index < -0.39 is 39.3 Å². The van der Waals surface area contributed by atoms with Gasteiger partial charge in [0.1, 0.15) is 72.2 Å². The van der Waals surface area contributed by atoms with Crippen molar-refractivity contribution in [2.75, 3.05) is 0 Å². The van der Waals surface area contributed by atoms with E-state index in [0.29, 0.717) is 42.4 Å². The number of fused-ring (bicyclic) bond motifs is 5. The smallest absolute Gasteiger partial charge is 0.316 e. The average molecular weight is 1440 g/mol. The van der Waals surface area contributed by atoms with E-state index in [2.05, 4.69) is 6.92 Å². The van der Waals surface area contributed by atoms with E-state index in [1.165, 1.54) is 0 Å². The molecule has 7 saturated heterocycles. The van der Waals surface area contributed by atoms with Gasteiger partial charge in [-0.3, -0.25) is 47.9 Å². The van der Waals surface area contributed by atoms with Gasteiger partial charge in [0.15, 0.2) is 12.2 Å². The van der Waals surface area contributed by atoms with Gasteiger partial charge in [-0.1, -0.05) is 123 Å². The number of carbonyl (C=O) groups is 10. The SMILES string of the molecule is C.C.C.C.C.C.C.C.C.C.CCC(C)(C)C(=O)OC1C2CC3C(=O)OC1C3O2.CCC(C)(C)C(=O)OC1C2CC3OC(=O)C1(C)C3C2.CCC(C)(C)C(=O)OC1C2CC3OC(=O)C1C3C2.CCC(C)(C)C(=O)OC1C2OC(=O)C3CC1(C)CC32.CCC(C)C(=O)OC1C2CC3OC(=O)C1C3C2. The van der Waals surface area contributed by atoms with Crippen LogP contribution in [0.2, 0.25) is 0 Å². The van der Waals surface area contributed by atoms with Crippen LogP contribution in [-0.2, 0) is 100 Å². The molecule has 15 aliphatic rings. The van der Waals surface area contributed by atoms with Gasteiger partial charge >= 0.3 is 59.7 Å². The van der Waals surface area contributed by atoms with Crippen molar-refractivity contribution in [2.45, 2.75) is 348 Å². The molecule has 8 aliphatic carbocycles. The summed E-state index contributed by atoms with van der Waals surface area (Å²) < 4.78 is 60.7. The molecular weight excluding hydrogens is 1300 g/mol. The summed E-state index contributed by atoms with van der Waals surface area (Å²) in [6.07, 6.45) is 9.48. The van der Waals surface area contributed by atoms with Crippen molar-refractivity contribution < 1.29 is 100 Å². The molecule has 0 aromatic carbocycles. The van der Waals surface area contributed by atoms with Crippen LogP contribution in [0.5, 0.6) is 0 Å². The van der Waals surface area contributed by atoms with Crippen LogP contribution >= 0.6 is 0 Å². The van der Waals surface area contributed by atoms with Gasteiger partial charge in [-0.2, -0.15) is 0 Å². The predicted molar refractivity (Wildman–Crippen MR) is 387 cm³/mol. The quantitative estimate of drug-likeness (QED) is 0.109. The maximum atomic E-state index is 12.3. The van der Waals surface area contributed by atoms with E-state index in [4.69, 9.17) is 52.1 Å². The topological polar surface area (TPSA) is 272 Å². The summed E-state index contributed by atoms with van der Waals surface area (Å²) in [5.74, 6) is -0.200. The first-order chi connectivity index (χ1) is 42.6. The summed E-state index contributed by atoms with van der Waals surface area (Å²) in [4.78, 5) is 119. The summed E-state index contributed by atoms with van der Waals surface area (Å²) in [6.45, 7) is 30.8. The highest BCUT2D eigenvalue weighted by Gasteiger charge is 2.73. The Labute approximate surface area is 608 Å². The van der Waals surface area contributed by atoms with Crippen LogP contribution in [-0.4, -0.2) is 133 Å². The number of esters is 10. The third-order valence-electron chi connectivity index (χ3n) is 25.5. The Hall–Kier alpha value is -5.34. The molecule has 0 N–H and O–H groups in total. The molecule has 8 saturated carbocycles.